The summed E-state index contributed by atoms with van der Waals surface area (Å²) in [5.41, 5.74) is 7.44. The maximum absolute atomic E-state index is 12.9. The molecule has 1 aliphatic heterocycles. The number of likely N-dealkylation sites (tertiary alicyclic amines) is 1. The average Bonchev–Trinajstić information content (AvgIpc) is 2.98. The van der Waals surface area contributed by atoms with Gasteiger partial charge in [0.15, 0.2) is 5.78 Å². The van der Waals surface area contributed by atoms with E-state index in [0.717, 1.165) is 44.2 Å². The number of anilines is 1. The SMILES string of the molecule is Cc1nc(N)c(CCC2CCCN(C(=O)[C@H](C)CC(=O)c3ccncc3)CC2)c(Cl)n1. The molecular weight excluding hydrogens is 414 g/mol. The van der Waals surface area contributed by atoms with E-state index >= 15 is 0 Å². The minimum absolute atomic E-state index is 0.0225. The van der Waals surface area contributed by atoms with Crippen molar-refractivity contribution < 1.29 is 9.59 Å². The van der Waals surface area contributed by atoms with E-state index < -0.39 is 0 Å². The van der Waals surface area contributed by atoms with Gasteiger partial charge in [0.25, 0.3) is 0 Å². The third kappa shape index (κ3) is 6.23. The Kier molecular flexibility index (Phi) is 7.96. The molecule has 2 atom stereocenters. The average molecular weight is 444 g/mol. The van der Waals surface area contributed by atoms with E-state index in [2.05, 4.69) is 15.0 Å². The second kappa shape index (κ2) is 10.7. The third-order valence-electron chi connectivity index (χ3n) is 5.98. The van der Waals surface area contributed by atoms with Crippen LogP contribution in [-0.4, -0.2) is 44.6 Å². The number of halogens is 1. The number of rotatable bonds is 7. The summed E-state index contributed by atoms with van der Waals surface area (Å²) in [6, 6.07) is 3.38. The molecule has 0 radical (unpaired) electrons. The van der Waals surface area contributed by atoms with Crippen molar-refractivity contribution in [3.05, 3.63) is 46.6 Å². The Morgan fingerprint density at radius 2 is 1.97 bits per heavy atom. The van der Waals surface area contributed by atoms with Gasteiger partial charge in [-0.15, -0.1) is 0 Å². The fourth-order valence-corrected chi connectivity index (χ4v) is 4.48. The quantitative estimate of drug-likeness (QED) is 0.514. The third-order valence-corrected chi connectivity index (χ3v) is 6.29. The van der Waals surface area contributed by atoms with E-state index in [0.29, 0.717) is 34.8 Å². The first-order valence-corrected chi connectivity index (χ1v) is 11.2. The zero-order valence-electron chi connectivity index (χ0n) is 18.2. The Bertz CT molecular complexity index is 898. The van der Waals surface area contributed by atoms with Crippen molar-refractivity contribution in [1.29, 1.82) is 0 Å². The fraction of sp³-hybridized carbons (Fsp3) is 0.522. The van der Waals surface area contributed by atoms with Gasteiger partial charge >= 0.3 is 0 Å². The lowest BCUT2D eigenvalue weighted by Gasteiger charge is -2.24. The van der Waals surface area contributed by atoms with Gasteiger partial charge in [-0.3, -0.25) is 14.6 Å². The van der Waals surface area contributed by atoms with Crippen molar-refractivity contribution in [2.45, 2.75) is 52.4 Å². The van der Waals surface area contributed by atoms with Gasteiger partial charge in [0.1, 0.15) is 16.8 Å². The predicted molar refractivity (Wildman–Crippen MR) is 121 cm³/mol. The Balaban J connectivity index is 1.51. The molecule has 2 aromatic rings. The highest BCUT2D eigenvalue weighted by Crippen LogP contribution is 2.27. The van der Waals surface area contributed by atoms with Crippen molar-refractivity contribution in [3.8, 4) is 0 Å². The number of carbonyl (C=O) groups excluding carboxylic acids is 2. The van der Waals surface area contributed by atoms with Crippen LogP contribution in [0.25, 0.3) is 0 Å². The summed E-state index contributed by atoms with van der Waals surface area (Å²) in [5, 5.41) is 0.433. The lowest BCUT2D eigenvalue weighted by molar-refractivity contribution is -0.134. The molecule has 2 aromatic heterocycles. The molecule has 0 bridgehead atoms. The van der Waals surface area contributed by atoms with Crippen LogP contribution in [0.5, 0.6) is 0 Å². The zero-order chi connectivity index (χ0) is 22.4. The van der Waals surface area contributed by atoms with Crippen LogP contribution < -0.4 is 5.73 Å². The molecule has 0 saturated carbocycles. The van der Waals surface area contributed by atoms with Crippen molar-refractivity contribution in [2.24, 2.45) is 11.8 Å². The minimum Gasteiger partial charge on any atom is -0.383 e. The van der Waals surface area contributed by atoms with Crippen LogP contribution in [-0.2, 0) is 11.2 Å². The standard InChI is InChI=1S/C23H30ClN5O2/c1-15(14-20(30)18-7-10-26-11-8-18)23(31)29-12-3-4-17(9-13-29)5-6-19-21(24)27-16(2)28-22(19)25/h7-8,10-11,15,17H,3-6,9,12-14H2,1-2H3,(H2,25,27,28)/t15-,17?/m1/s1. The lowest BCUT2D eigenvalue weighted by atomic mass is 9.93. The summed E-state index contributed by atoms with van der Waals surface area (Å²) in [5.74, 6) is 1.22. The molecule has 7 nitrogen and oxygen atoms in total. The highest BCUT2D eigenvalue weighted by atomic mass is 35.5. The molecule has 1 unspecified atom stereocenters. The first kappa shape index (κ1) is 23.1. The number of amides is 1. The molecule has 1 fully saturated rings. The number of carbonyl (C=O) groups is 2. The van der Waals surface area contributed by atoms with Crippen molar-refractivity contribution in [2.75, 3.05) is 18.8 Å². The monoisotopic (exact) mass is 443 g/mol. The van der Waals surface area contributed by atoms with Crippen LogP contribution in [0.15, 0.2) is 24.5 Å². The van der Waals surface area contributed by atoms with E-state index in [-0.39, 0.29) is 24.0 Å². The zero-order valence-corrected chi connectivity index (χ0v) is 18.9. The summed E-state index contributed by atoms with van der Waals surface area (Å²) in [6.45, 7) is 5.06. The maximum Gasteiger partial charge on any atom is 0.225 e. The Hall–Kier alpha value is -2.54. The van der Waals surface area contributed by atoms with Crippen LogP contribution >= 0.6 is 11.6 Å². The number of aryl methyl sites for hydroxylation is 1. The van der Waals surface area contributed by atoms with Gasteiger partial charge in [0.05, 0.1) is 0 Å². The van der Waals surface area contributed by atoms with Crippen molar-refractivity contribution in [3.63, 3.8) is 0 Å². The van der Waals surface area contributed by atoms with E-state index in [1.54, 1.807) is 31.5 Å². The Morgan fingerprint density at radius 1 is 1.23 bits per heavy atom. The smallest absolute Gasteiger partial charge is 0.225 e. The molecule has 3 heterocycles. The van der Waals surface area contributed by atoms with Crippen LogP contribution in [0, 0.1) is 18.8 Å². The topological polar surface area (TPSA) is 102 Å². The number of aromatic nitrogens is 3. The lowest BCUT2D eigenvalue weighted by Crippen LogP contribution is -2.36. The summed E-state index contributed by atoms with van der Waals surface area (Å²) < 4.78 is 0. The molecule has 0 aliphatic carbocycles. The van der Waals surface area contributed by atoms with Gasteiger partial charge in [-0.2, -0.15) is 0 Å². The second-order valence-corrected chi connectivity index (χ2v) is 8.71. The number of nitrogens with zero attached hydrogens (tertiary/aromatic N) is 4. The fourth-order valence-electron chi connectivity index (χ4n) is 4.17. The Morgan fingerprint density at radius 3 is 2.68 bits per heavy atom. The largest absolute Gasteiger partial charge is 0.383 e. The molecule has 0 aromatic carbocycles. The predicted octanol–water partition coefficient (Wildman–Crippen LogP) is 3.89. The Labute approximate surface area is 188 Å². The molecule has 31 heavy (non-hydrogen) atoms. The minimum atomic E-state index is -0.333. The van der Waals surface area contributed by atoms with E-state index in [9.17, 15) is 9.59 Å². The second-order valence-electron chi connectivity index (χ2n) is 8.35. The molecule has 1 aliphatic rings. The normalized spacial score (nSPS) is 17.8. The van der Waals surface area contributed by atoms with Gasteiger partial charge in [-0.1, -0.05) is 18.5 Å². The van der Waals surface area contributed by atoms with Gasteiger partial charge in [0.2, 0.25) is 5.91 Å². The number of nitrogen functional groups attached to an aromatic ring is 1. The van der Waals surface area contributed by atoms with Crippen molar-refractivity contribution in [1.82, 2.24) is 19.9 Å². The van der Waals surface area contributed by atoms with Crippen LogP contribution in [0.1, 0.15) is 60.8 Å². The number of ketones is 1. The van der Waals surface area contributed by atoms with Crippen LogP contribution in [0.2, 0.25) is 5.15 Å². The molecule has 3 rings (SSSR count). The number of pyridine rings is 1. The van der Waals surface area contributed by atoms with Crippen LogP contribution in [0.4, 0.5) is 5.82 Å². The highest BCUT2D eigenvalue weighted by molar-refractivity contribution is 6.30. The maximum atomic E-state index is 12.9. The van der Waals surface area contributed by atoms with Gasteiger partial charge in [-0.05, 0) is 57.1 Å². The molecule has 1 saturated heterocycles. The van der Waals surface area contributed by atoms with Gasteiger partial charge in [0, 0.05) is 48.9 Å². The molecule has 166 valence electrons. The first-order valence-electron chi connectivity index (χ1n) is 10.9. The van der Waals surface area contributed by atoms with Gasteiger partial charge < -0.3 is 10.6 Å². The van der Waals surface area contributed by atoms with Gasteiger partial charge in [-0.25, -0.2) is 9.97 Å². The summed E-state index contributed by atoms with van der Waals surface area (Å²) in [6.07, 6.45) is 8.02. The molecular formula is C23H30ClN5O2. The first-order chi connectivity index (χ1) is 14.8. The molecule has 0 spiro atoms. The molecule has 8 heteroatoms. The number of hydrogen-bond donors (Lipinski definition) is 1. The summed E-state index contributed by atoms with van der Waals surface area (Å²) in [4.78, 5) is 39.6. The van der Waals surface area contributed by atoms with Crippen molar-refractivity contribution >= 4 is 29.1 Å². The summed E-state index contributed by atoms with van der Waals surface area (Å²) in [7, 11) is 0. The highest BCUT2D eigenvalue weighted by Gasteiger charge is 2.26. The number of hydrogen-bond acceptors (Lipinski definition) is 6. The van der Waals surface area contributed by atoms with E-state index in [4.69, 9.17) is 17.3 Å². The van der Waals surface area contributed by atoms with Crippen LogP contribution in [0.3, 0.4) is 0 Å². The molecule has 1 amide bonds. The molecule has 2 N–H and O–H groups in total. The van der Waals surface area contributed by atoms with E-state index in [1.165, 1.54) is 0 Å². The summed E-state index contributed by atoms with van der Waals surface area (Å²) >= 11 is 6.26. The number of Topliss-reactive ketones (excluding diaryl/α,β-unsaturated/α-hetero) is 1. The van der Waals surface area contributed by atoms with E-state index in [1.807, 2.05) is 11.8 Å². The number of nitrogens with two attached hydrogens (primary N) is 1.